The van der Waals surface area contributed by atoms with Gasteiger partial charge >= 0.3 is 0 Å². The lowest BCUT2D eigenvalue weighted by Gasteiger charge is -1.93. The van der Waals surface area contributed by atoms with Crippen LogP contribution in [-0.2, 0) is 9.53 Å². The first-order chi connectivity index (χ1) is 3.89. The topological polar surface area (TPSA) is 38.3 Å². The number of carbonyl (C=O) groups excluding carboxylic acids is 1. The number of ketones is 1. The Balaban J connectivity index is 2.27. The van der Waals surface area contributed by atoms with Gasteiger partial charge in [0.05, 0.1) is 19.9 Å². The Morgan fingerprint density at radius 3 is 3.38 bits per heavy atom. The van der Waals surface area contributed by atoms with Gasteiger partial charge < -0.3 is 4.74 Å². The Hall–Kier alpha value is -0.410. The predicted molar refractivity (Wildman–Crippen MR) is 28.4 cm³/mol. The van der Waals surface area contributed by atoms with Crippen LogP contribution in [0.3, 0.4) is 0 Å². The third-order valence-corrected chi connectivity index (χ3v) is 1.05. The van der Waals surface area contributed by atoms with Crippen molar-refractivity contribution in [2.75, 3.05) is 19.9 Å². The van der Waals surface area contributed by atoms with Gasteiger partial charge in [0.15, 0.2) is 0 Å². The number of carbonyl (C=O) groups is 1. The molecule has 1 aliphatic heterocycles. The molecule has 46 valence electrons. The van der Waals surface area contributed by atoms with Crippen LogP contribution in [-0.4, -0.2) is 25.7 Å². The maximum atomic E-state index is 10.5. The van der Waals surface area contributed by atoms with Crippen molar-refractivity contribution in [2.45, 2.75) is 6.42 Å². The fourth-order valence-electron chi connectivity index (χ4n) is 0.609. The van der Waals surface area contributed by atoms with E-state index < -0.39 is 0 Å². The molecule has 0 unspecified atom stereocenters. The largest absolute Gasteiger partial charge is 0.366 e. The average Bonchev–Trinajstić information content (AvgIpc) is 1.94. The van der Waals surface area contributed by atoms with Crippen LogP contribution in [0.25, 0.3) is 0 Å². The molecule has 0 bridgehead atoms. The fraction of sp³-hybridized carbons (Fsp3) is 0.800. The highest BCUT2D eigenvalue weighted by Gasteiger charge is 2.04. The molecule has 1 saturated heterocycles. The zero-order valence-electron chi connectivity index (χ0n) is 4.64. The minimum atomic E-state index is 0.238. The number of rotatable bonds is 0. The molecular formula is C5H9NO2. The average molecular weight is 115 g/mol. The Kier molecular flexibility index (Phi) is 2.00. The maximum Gasteiger partial charge on any atom is 0.148 e. The Morgan fingerprint density at radius 1 is 1.62 bits per heavy atom. The molecule has 0 saturated carbocycles. The standard InChI is InChI=1S/C5H9NO2/c7-5-1-2-8-4-6-3-5/h6H,1-4H2. The molecule has 0 aromatic carbocycles. The maximum absolute atomic E-state index is 10.5. The van der Waals surface area contributed by atoms with E-state index in [0.717, 1.165) is 0 Å². The van der Waals surface area contributed by atoms with Gasteiger partial charge in [-0.3, -0.25) is 10.1 Å². The van der Waals surface area contributed by atoms with Crippen molar-refractivity contribution in [1.82, 2.24) is 5.32 Å². The second kappa shape index (κ2) is 2.79. The van der Waals surface area contributed by atoms with Crippen molar-refractivity contribution in [2.24, 2.45) is 0 Å². The summed E-state index contributed by atoms with van der Waals surface area (Å²) in [6.07, 6.45) is 0.562. The molecule has 1 heterocycles. The van der Waals surface area contributed by atoms with Crippen molar-refractivity contribution >= 4 is 5.78 Å². The summed E-state index contributed by atoms with van der Waals surface area (Å²) in [6, 6.07) is 0. The molecule has 1 aliphatic rings. The molecule has 0 aliphatic carbocycles. The third-order valence-electron chi connectivity index (χ3n) is 1.05. The van der Waals surface area contributed by atoms with E-state index in [1.54, 1.807) is 0 Å². The summed E-state index contributed by atoms with van der Waals surface area (Å²) in [7, 11) is 0. The molecule has 0 aromatic rings. The number of hydrogen-bond donors (Lipinski definition) is 1. The van der Waals surface area contributed by atoms with Gasteiger partial charge in [0.25, 0.3) is 0 Å². The number of nitrogens with one attached hydrogen (secondary N) is 1. The van der Waals surface area contributed by atoms with Gasteiger partial charge in [0.2, 0.25) is 0 Å². The van der Waals surface area contributed by atoms with E-state index in [1.807, 2.05) is 0 Å². The molecule has 1 rings (SSSR count). The van der Waals surface area contributed by atoms with Crippen LogP contribution in [0.5, 0.6) is 0 Å². The van der Waals surface area contributed by atoms with Crippen molar-refractivity contribution in [3.8, 4) is 0 Å². The molecule has 0 spiro atoms. The Bertz CT molecular complexity index is 82.4. The summed E-state index contributed by atoms with van der Waals surface area (Å²) in [5.41, 5.74) is 0. The van der Waals surface area contributed by atoms with Crippen molar-refractivity contribution in [3.05, 3.63) is 0 Å². The molecule has 0 amide bonds. The molecular weight excluding hydrogens is 106 g/mol. The summed E-state index contributed by atoms with van der Waals surface area (Å²) < 4.78 is 4.93. The molecule has 3 heteroatoms. The van der Waals surface area contributed by atoms with Crippen LogP contribution in [0.1, 0.15) is 6.42 Å². The van der Waals surface area contributed by atoms with Crippen LogP contribution in [0, 0.1) is 0 Å². The second-order valence-corrected chi connectivity index (χ2v) is 1.77. The van der Waals surface area contributed by atoms with Gasteiger partial charge in [-0.25, -0.2) is 0 Å². The smallest absolute Gasteiger partial charge is 0.148 e. The minimum Gasteiger partial charge on any atom is -0.366 e. The molecule has 0 aromatic heterocycles. The summed E-state index contributed by atoms with van der Waals surface area (Å²) in [4.78, 5) is 10.5. The zero-order chi connectivity index (χ0) is 5.82. The van der Waals surface area contributed by atoms with E-state index >= 15 is 0 Å². The van der Waals surface area contributed by atoms with E-state index in [-0.39, 0.29) is 5.78 Å². The van der Waals surface area contributed by atoms with Gasteiger partial charge in [0, 0.05) is 6.42 Å². The summed E-state index contributed by atoms with van der Waals surface area (Å²) in [5, 5.41) is 2.83. The number of ether oxygens (including phenoxy) is 1. The molecule has 1 N–H and O–H groups in total. The lowest BCUT2D eigenvalue weighted by Crippen LogP contribution is -2.20. The van der Waals surface area contributed by atoms with Gasteiger partial charge in [-0.15, -0.1) is 0 Å². The van der Waals surface area contributed by atoms with Gasteiger partial charge in [-0.1, -0.05) is 0 Å². The molecule has 3 nitrogen and oxygen atoms in total. The van der Waals surface area contributed by atoms with E-state index in [2.05, 4.69) is 5.32 Å². The molecule has 0 atom stereocenters. The predicted octanol–water partition coefficient (Wildman–Crippen LogP) is -0.477. The van der Waals surface area contributed by atoms with Crippen molar-refractivity contribution < 1.29 is 9.53 Å². The van der Waals surface area contributed by atoms with Crippen LogP contribution >= 0.6 is 0 Å². The van der Waals surface area contributed by atoms with E-state index in [0.29, 0.717) is 26.3 Å². The fourth-order valence-corrected chi connectivity index (χ4v) is 0.609. The highest BCUT2D eigenvalue weighted by Crippen LogP contribution is 1.87. The minimum absolute atomic E-state index is 0.238. The van der Waals surface area contributed by atoms with Gasteiger partial charge in [-0.05, 0) is 0 Å². The van der Waals surface area contributed by atoms with Crippen molar-refractivity contribution in [1.29, 1.82) is 0 Å². The quantitative estimate of drug-likeness (QED) is 0.463. The third kappa shape index (κ3) is 1.60. The monoisotopic (exact) mass is 115 g/mol. The molecule has 1 fully saturated rings. The number of hydrogen-bond acceptors (Lipinski definition) is 3. The zero-order valence-corrected chi connectivity index (χ0v) is 4.64. The first kappa shape index (κ1) is 5.72. The summed E-state index contributed by atoms with van der Waals surface area (Å²) >= 11 is 0. The van der Waals surface area contributed by atoms with Crippen molar-refractivity contribution in [3.63, 3.8) is 0 Å². The van der Waals surface area contributed by atoms with Gasteiger partial charge in [-0.2, -0.15) is 0 Å². The second-order valence-electron chi connectivity index (χ2n) is 1.77. The SMILES string of the molecule is O=C1CCOCNC1. The normalized spacial score (nSPS) is 22.8. The van der Waals surface area contributed by atoms with E-state index in [4.69, 9.17) is 4.74 Å². The van der Waals surface area contributed by atoms with Crippen LogP contribution in [0.4, 0.5) is 0 Å². The first-order valence-corrected chi connectivity index (χ1v) is 2.70. The summed E-state index contributed by atoms with van der Waals surface area (Å²) in [6.45, 7) is 1.57. The highest BCUT2D eigenvalue weighted by atomic mass is 16.5. The van der Waals surface area contributed by atoms with E-state index in [9.17, 15) is 4.79 Å². The lowest BCUT2D eigenvalue weighted by molar-refractivity contribution is -0.118. The van der Waals surface area contributed by atoms with Gasteiger partial charge in [0.1, 0.15) is 5.78 Å². The highest BCUT2D eigenvalue weighted by molar-refractivity contribution is 5.80. The first-order valence-electron chi connectivity index (χ1n) is 2.70. The van der Waals surface area contributed by atoms with E-state index in [1.165, 1.54) is 0 Å². The number of Topliss-reactive ketones (excluding diaryl/α,β-unsaturated/α-hetero) is 1. The lowest BCUT2D eigenvalue weighted by atomic mass is 10.3. The Labute approximate surface area is 48.0 Å². The summed E-state index contributed by atoms with van der Waals surface area (Å²) in [5.74, 6) is 0.238. The Morgan fingerprint density at radius 2 is 2.50 bits per heavy atom. The molecule has 8 heavy (non-hydrogen) atoms. The molecule has 0 radical (unpaired) electrons. The van der Waals surface area contributed by atoms with Crippen LogP contribution < -0.4 is 5.32 Å². The van der Waals surface area contributed by atoms with Crippen LogP contribution in [0.15, 0.2) is 0 Å². The van der Waals surface area contributed by atoms with Crippen LogP contribution in [0.2, 0.25) is 0 Å².